The molecule has 0 bridgehead atoms. The van der Waals surface area contributed by atoms with E-state index in [1.165, 1.54) is 7.11 Å². The van der Waals surface area contributed by atoms with Crippen molar-refractivity contribution in [3.63, 3.8) is 0 Å². The number of urea groups is 1. The average Bonchev–Trinajstić information content (AvgIpc) is 3.02. The summed E-state index contributed by atoms with van der Waals surface area (Å²) >= 11 is 0. The van der Waals surface area contributed by atoms with Crippen LogP contribution in [0.4, 0.5) is 10.5 Å². The molecule has 2 heterocycles. The Labute approximate surface area is 127 Å². The number of H-pyrrole nitrogens is 1. The second-order valence-electron chi connectivity index (χ2n) is 5.00. The van der Waals surface area contributed by atoms with Crippen LogP contribution in [0.15, 0.2) is 30.6 Å². The van der Waals surface area contributed by atoms with E-state index in [2.05, 4.69) is 20.0 Å². The molecule has 0 atom stereocenters. The zero-order valence-corrected chi connectivity index (χ0v) is 12.1. The van der Waals surface area contributed by atoms with Gasteiger partial charge in [-0.05, 0) is 24.3 Å². The van der Waals surface area contributed by atoms with Gasteiger partial charge in [0.25, 0.3) is 0 Å². The van der Waals surface area contributed by atoms with Crippen LogP contribution in [0.25, 0.3) is 0 Å². The highest BCUT2D eigenvalue weighted by molar-refractivity contribution is 5.92. The molecule has 1 aliphatic heterocycles. The Morgan fingerprint density at radius 1 is 1.32 bits per heavy atom. The molecule has 0 saturated heterocycles. The first kappa shape index (κ1) is 14.1. The maximum Gasteiger partial charge on any atom is 0.337 e. The van der Waals surface area contributed by atoms with Crippen molar-refractivity contribution in [2.24, 2.45) is 0 Å². The monoisotopic (exact) mass is 300 g/mol. The Kier molecular flexibility index (Phi) is 3.78. The Morgan fingerprint density at radius 2 is 2.09 bits per heavy atom. The van der Waals surface area contributed by atoms with Gasteiger partial charge in [0, 0.05) is 18.7 Å². The van der Waals surface area contributed by atoms with Crippen LogP contribution in [0.3, 0.4) is 0 Å². The molecular formula is C15H16N4O3. The number of nitrogens with zero attached hydrogens (tertiary/aromatic N) is 2. The highest BCUT2D eigenvalue weighted by atomic mass is 16.5. The summed E-state index contributed by atoms with van der Waals surface area (Å²) in [5.41, 5.74) is 3.07. The molecule has 22 heavy (non-hydrogen) atoms. The minimum atomic E-state index is -0.402. The molecule has 2 aromatic rings. The third-order valence-corrected chi connectivity index (χ3v) is 3.62. The van der Waals surface area contributed by atoms with E-state index in [0.29, 0.717) is 24.3 Å². The lowest BCUT2D eigenvalue weighted by molar-refractivity contribution is 0.0601. The van der Waals surface area contributed by atoms with Gasteiger partial charge in [0.15, 0.2) is 0 Å². The second kappa shape index (κ2) is 5.88. The van der Waals surface area contributed by atoms with Crippen LogP contribution in [-0.2, 0) is 17.7 Å². The maximum atomic E-state index is 12.3. The number of imidazole rings is 1. The van der Waals surface area contributed by atoms with Crippen LogP contribution < -0.4 is 5.32 Å². The summed E-state index contributed by atoms with van der Waals surface area (Å²) in [6.07, 6.45) is 2.39. The van der Waals surface area contributed by atoms with Crippen LogP contribution in [0.1, 0.15) is 21.7 Å². The number of esters is 1. The molecule has 1 aromatic heterocycles. The second-order valence-corrected chi connectivity index (χ2v) is 5.00. The van der Waals surface area contributed by atoms with Crippen molar-refractivity contribution in [3.8, 4) is 0 Å². The third kappa shape index (κ3) is 2.78. The van der Waals surface area contributed by atoms with Crippen molar-refractivity contribution < 1.29 is 14.3 Å². The Bertz CT molecular complexity index is 693. The number of nitrogens with one attached hydrogen (secondary N) is 2. The number of aromatic nitrogens is 2. The smallest absolute Gasteiger partial charge is 0.337 e. The lowest BCUT2D eigenvalue weighted by atomic mass is 10.1. The van der Waals surface area contributed by atoms with Gasteiger partial charge in [-0.1, -0.05) is 0 Å². The minimum absolute atomic E-state index is 0.175. The highest BCUT2D eigenvalue weighted by Crippen LogP contribution is 2.17. The fourth-order valence-electron chi connectivity index (χ4n) is 2.40. The number of aromatic amines is 1. The van der Waals surface area contributed by atoms with E-state index in [1.807, 2.05) is 0 Å². The average molecular weight is 300 g/mol. The van der Waals surface area contributed by atoms with Gasteiger partial charge >= 0.3 is 12.0 Å². The van der Waals surface area contributed by atoms with Crippen LogP contribution in [0.5, 0.6) is 0 Å². The number of benzene rings is 1. The first-order valence-corrected chi connectivity index (χ1v) is 6.93. The third-order valence-electron chi connectivity index (χ3n) is 3.62. The fraction of sp³-hybridized carbons (Fsp3) is 0.267. The Balaban J connectivity index is 1.64. The van der Waals surface area contributed by atoms with E-state index in [4.69, 9.17) is 0 Å². The number of amides is 2. The SMILES string of the molecule is COC(=O)c1ccc(NC(=O)N2CCc3nc[nH]c3C2)cc1. The molecule has 7 nitrogen and oxygen atoms in total. The molecule has 0 spiro atoms. The number of methoxy groups -OCH3 is 1. The van der Waals surface area contributed by atoms with Gasteiger partial charge < -0.3 is 19.9 Å². The summed E-state index contributed by atoms with van der Waals surface area (Å²) in [5, 5.41) is 2.82. The van der Waals surface area contributed by atoms with E-state index < -0.39 is 5.97 Å². The fourth-order valence-corrected chi connectivity index (χ4v) is 2.40. The number of rotatable bonds is 2. The van der Waals surface area contributed by atoms with Gasteiger partial charge in [0.1, 0.15) is 0 Å². The van der Waals surface area contributed by atoms with Gasteiger partial charge in [0.05, 0.1) is 36.9 Å². The van der Waals surface area contributed by atoms with Crippen molar-refractivity contribution in [2.75, 3.05) is 19.0 Å². The standard InChI is InChI=1S/C15H16N4O3/c1-22-14(20)10-2-4-11(5-3-10)18-15(21)19-7-6-12-13(8-19)17-9-16-12/h2-5,9H,6-8H2,1H3,(H,16,17)(H,18,21). The summed E-state index contributed by atoms with van der Waals surface area (Å²) in [4.78, 5) is 32.6. The van der Waals surface area contributed by atoms with Crippen molar-refractivity contribution in [1.29, 1.82) is 0 Å². The van der Waals surface area contributed by atoms with Crippen LogP contribution in [-0.4, -0.2) is 40.5 Å². The molecule has 114 valence electrons. The zero-order valence-electron chi connectivity index (χ0n) is 12.1. The van der Waals surface area contributed by atoms with Crippen molar-refractivity contribution >= 4 is 17.7 Å². The topological polar surface area (TPSA) is 87.3 Å². The molecule has 0 unspecified atom stereocenters. The number of ether oxygens (including phenoxy) is 1. The predicted octanol–water partition coefficient (Wildman–Crippen LogP) is 1.79. The van der Waals surface area contributed by atoms with E-state index in [-0.39, 0.29) is 6.03 Å². The van der Waals surface area contributed by atoms with Crippen molar-refractivity contribution in [3.05, 3.63) is 47.5 Å². The van der Waals surface area contributed by atoms with Crippen LogP contribution in [0.2, 0.25) is 0 Å². The molecule has 7 heteroatoms. The summed E-state index contributed by atoms with van der Waals surface area (Å²) in [5.74, 6) is -0.402. The highest BCUT2D eigenvalue weighted by Gasteiger charge is 2.22. The first-order chi connectivity index (χ1) is 10.7. The molecule has 3 rings (SSSR count). The molecule has 2 amide bonds. The normalized spacial score (nSPS) is 13.4. The van der Waals surface area contributed by atoms with E-state index in [9.17, 15) is 9.59 Å². The van der Waals surface area contributed by atoms with Gasteiger partial charge in [0.2, 0.25) is 0 Å². The molecule has 0 radical (unpaired) electrons. The van der Waals surface area contributed by atoms with Crippen molar-refractivity contribution in [1.82, 2.24) is 14.9 Å². The number of hydrogen-bond donors (Lipinski definition) is 2. The molecular weight excluding hydrogens is 284 g/mol. The van der Waals surface area contributed by atoms with E-state index in [0.717, 1.165) is 17.8 Å². The zero-order chi connectivity index (χ0) is 15.5. The number of carbonyl (C=O) groups excluding carboxylic acids is 2. The molecule has 0 aliphatic carbocycles. The minimum Gasteiger partial charge on any atom is -0.465 e. The predicted molar refractivity (Wildman–Crippen MR) is 79.5 cm³/mol. The number of carbonyl (C=O) groups is 2. The van der Waals surface area contributed by atoms with Crippen LogP contribution in [0, 0.1) is 0 Å². The number of fused-ring (bicyclic) bond motifs is 1. The van der Waals surface area contributed by atoms with Crippen LogP contribution >= 0.6 is 0 Å². The van der Waals surface area contributed by atoms with Crippen molar-refractivity contribution in [2.45, 2.75) is 13.0 Å². The molecule has 2 N–H and O–H groups in total. The lowest BCUT2D eigenvalue weighted by Crippen LogP contribution is -2.38. The van der Waals surface area contributed by atoms with Gasteiger partial charge in [-0.25, -0.2) is 14.6 Å². The summed E-state index contributed by atoms with van der Waals surface area (Å²) in [7, 11) is 1.33. The van der Waals surface area contributed by atoms with E-state index >= 15 is 0 Å². The maximum absolute atomic E-state index is 12.3. The summed E-state index contributed by atoms with van der Waals surface area (Å²) < 4.78 is 4.63. The Morgan fingerprint density at radius 3 is 2.82 bits per heavy atom. The largest absolute Gasteiger partial charge is 0.465 e. The lowest BCUT2D eigenvalue weighted by Gasteiger charge is -2.26. The molecule has 1 aliphatic rings. The summed E-state index contributed by atoms with van der Waals surface area (Å²) in [6, 6.07) is 6.41. The van der Waals surface area contributed by atoms with E-state index in [1.54, 1.807) is 35.5 Å². The quantitative estimate of drug-likeness (QED) is 0.828. The Hall–Kier alpha value is -2.83. The molecule has 1 aromatic carbocycles. The summed E-state index contributed by atoms with van der Waals surface area (Å²) in [6.45, 7) is 1.14. The van der Waals surface area contributed by atoms with Gasteiger partial charge in [-0.15, -0.1) is 0 Å². The van der Waals surface area contributed by atoms with Gasteiger partial charge in [-0.2, -0.15) is 0 Å². The number of hydrogen-bond acceptors (Lipinski definition) is 4. The molecule has 0 fully saturated rings. The molecule has 0 saturated carbocycles. The first-order valence-electron chi connectivity index (χ1n) is 6.93. The number of anilines is 1. The van der Waals surface area contributed by atoms with Gasteiger partial charge in [-0.3, -0.25) is 0 Å².